The summed E-state index contributed by atoms with van der Waals surface area (Å²) < 4.78 is 0. The fraction of sp³-hybridized carbons (Fsp3) is 0.625. The van der Waals surface area contributed by atoms with Gasteiger partial charge in [0.25, 0.3) is 0 Å². The van der Waals surface area contributed by atoms with Gasteiger partial charge in [0.05, 0.1) is 0 Å². The van der Waals surface area contributed by atoms with Crippen molar-refractivity contribution in [3.8, 4) is 0 Å². The zero-order valence-corrected chi connectivity index (χ0v) is 11.9. The smallest absolute Gasteiger partial charge is 0.0393 e. The highest BCUT2D eigenvalue weighted by Crippen LogP contribution is 2.30. The summed E-state index contributed by atoms with van der Waals surface area (Å²) in [6.45, 7) is 5.61. The van der Waals surface area contributed by atoms with Gasteiger partial charge in [-0.05, 0) is 49.7 Å². The molecule has 0 saturated heterocycles. The third kappa shape index (κ3) is 3.05. The molecule has 1 fully saturated rings. The molecule has 18 heavy (non-hydrogen) atoms. The van der Waals surface area contributed by atoms with Crippen molar-refractivity contribution < 1.29 is 0 Å². The highest BCUT2D eigenvalue weighted by molar-refractivity contribution is 5.52. The maximum absolute atomic E-state index is 6.28. The lowest BCUT2D eigenvalue weighted by Gasteiger charge is -2.36. The Morgan fingerprint density at radius 3 is 2.72 bits per heavy atom. The van der Waals surface area contributed by atoms with E-state index in [0.29, 0.717) is 12.0 Å². The summed E-state index contributed by atoms with van der Waals surface area (Å²) in [4.78, 5) is 2.37. The van der Waals surface area contributed by atoms with Crippen LogP contribution in [0.1, 0.15) is 31.7 Å². The van der Waals surface area contributed by atoms with Crippen LogP contribution >= 0.6 is 0 Å². The Bertz CT molecular complexity index is 388. The molecule has 0 spiro atoms. The van der Waals surface area contributed by atoms with Crippen LogP contribution in [0.25, 0.3) is 0 Å². The molecule has 2 heteroatoms. The van der Waals surface area contributed by atoms with Gasteiger partial charge in [-0.25, -0.2) is 0 Å². The molecule has 0 heterocycles. The number of benzene rings is 1. The maximum Gasteiger partial charge on any atom is 0.0393 e. The monoisotopic (exact) mass is 246 g/mol. The number of nitrogens with zero attached hydrogens (tertiary/aromatic N) is 1. The van der Waals surface area contributed by atoms with Crippen molar-refractivity contribution >= 4 is 5.69 Å². The number of para-hydroxylation sites is 1. The Balaban J connectivity index is 2.02. The molecule has 0 aliphatic heterocycles. The van der Waals surface area contributed by atoms with Crippen LogP contribution in [0.2, 0.25) is 0 Å². The molecule has 3 atom stereocenters. The van der Waals surface area contributed by atoms with Crippen molar-refractivity contribution in [3.63, 3.8) is 0 Å². The van der Waals surface area contributed by atoms with Crippen molar-refractivity contribution in [1.29, 1.82) is 0 Å². The standard InChI is InChI=1S/C16H26N2/c1-12-8-9-15(17)14(10-12)11-18(3)16-7-5-4-6-13(16)2/h4-7,12,14-15H,8-11,17H2,1-3H3. The topological polar surface area (TPSA) is 29.3 Å². The van der Waals surface area contributed by atoms with Crippen LogP contribution in [-0.2, 0) is 0 Å². The van der Waals surface area contributed by atoms with Crippen LogP contribution < -0.4 is 10.6 Å². The largest absolute Gasteiger partial charge is 0.374 e. The quantitative estimate of drug-likeness (QED) is 0.887. The average molecular weight is 246 g/mol. The van der Waals surface area contributed by atoms with Gasteiger partial charge in [0.1, 0.15) is 0 Å². The second-order valence-electron chi connectivity index (χ2n) is 6.01. The normalized spacial score (nSPS) is 28.1. The van der Waals surface area contributed by atoms with Crippen molar-refractivity contribution in [2.75, 3.05) is 18.5 Å². The van der Waals surface area contributed by atoms with Gasteiger partial charge in [0, 0.05) is 25.3 Å². The number of rotatable bonds is 3. The molecule has 1 aliphatic carbocycles. The van der Waals surface area contributed by atoms with Gasteiger partial charge < -0.3 is 10.6 Å². The molecule has 100 valence electrons. The molecule has 2 N–H and O–H groups in total. The van der Waals surface area contributed by atoms with E-state index in [0.717, 1.165) is 12.5 Å². The fourth-order valence-electron chi connectivity index (χ4n) is 3.17. The summed E-state index contributed by atoms with van der Waals surface area (Å²) in [7, 11) is 2.19. The molecule has 1 aliphatic rings. The third-order valence-corrected chi connectivity index (χ3v) is 4.34. The van der Waals surface area contributed by atoms with Crippen LogP contribution in [0, 0.1) is 18.8 Å². The molecule has 0 bridgehead atoms. The predicted molar refractivity (Wildman–Crippen MR) is 78.9 cm³/mol. The van der Waals surface area contributed by atoms with Crippen molar-refractivity contribution in [2.24, 2.45) is 17.6 Å². The Kier molecular flexibility index (Phi) is 4.28. The number of hydrogen-bond acceptors (Lipinski definition) is 2. The molecule has 2 rings (SSSR count). The van der Waals surface area contributed by atoms with Crippen LogP contribution in [0.3, 0.4) is 0 Å². The molecular weight excluding hydrogens is 220 g/mol. The second-order valence-corrected chi connectivity index (χ2v) is 6.01. The second kappa shape index (κ2) is 5.75. The van der Waals surface area contributed by atoms with E-state index in [2.05, 4.69) is 50.1 Å². The highest BCUT2D eigenvalue weighted by Gasteiger charge is 2.27. The Labute approximate surface area is 111 Å². The SMILES string of the molecule is Cc1ccccc1N(C)CC1CC(C)CCC1N. The fourth-order valence-corrected chi connectivity index (χ4v) is 3.17. The first-order valence-corrected chi connectivity index (χ1v) is 7.10. The van der Waals surface area contributed by atoms with E-state index in [1.54, 1.807) is 0 Å². The molecular formula is C16H26N2. The van der Waals surface area contributed by atoms with Crippen molar-refractivity contribution in [3.05, 3.63) is 29.8 Å². The molecule has 0 radical (unpaired) electrons. The lowest BCUT2D eigenvalue weighted by atomic mass is 9.79. The minimum Gasteiger partial charge on any atom is -0.374 e. The summed E-state index contributed by atoms with van der Waals surface area (Å²) in [6, 6.07) is 8.97. The lowest BCUT2D eigenvalue weighted by molar-refractivity contribution is 0.250. The minimum atomic E-state index is 0.382. The Morgan fingerprint density at radius 2 is 2.00 bits per heavy atom. The van der Waals surface area contributed by atoms with Crippen LogP contribution in [0.5, 0.6) is 0 Å². The van der Waals surface area contributed by atoms with Gasteiger partial charge in [-0.2, -0.15) is 0 Å². The summed E-state index contributed by atoms with van der Waals surface area (Å²) in [5.74, 6) is 1.47. The van der Waals surface area contributed by atoms with E-state index in [1.165, 1.54) is 30.5 Å². The van der Waals surface area contributed by atoms with Gasteiger partial charge in [-0.1, -0.05) is 25.1 Å². The van der Waals surface area contributed by atoms with E-state index in [-0.39, 0.29) is 0 Å². The average Bonchev–Trinajstić information content (AvgIpc) is 2.34. The van der Waals surface area contributed by atoms with Gasteiger partial charge in [0.15, 0.2) is 0 Å². The Hall–Kier alpha value is -1.02. The van der Waals surface area contributed by atoms with Crippen LogP contribution in [0.4, 0.5) is 5.69 Å². The summed E-state index contributed by atoms with van der Waals surface area (Å²) >= 11 is 0. The minimum absolute atomic E-state index is 0.382. The molecule has 2 nitrogen and oxygen atoms in total. The zero-order valence-electron chi connectivity index (χ0n) is 11.9. The van der Waals surface area contributed by atoms with Crippen LogP contribution in [-0.4, -0.2) is 19.6 Å². The van der Waals surface area contributed by atoms with E-state index < -0.39 is 0 Å². The van der Waals surface area contributed by atoms with Gasteiger partial charge in [0.2, 0.25) is 0 Å². The highest BCUT2D eigenvalue weighted by atomic mass is 15.1. The summed E-state index contributed by atoms with van der Waals surface area (Å²) in [5, 5.41) is 0. The van der Waals surface area contributed by atoms with Crippen molar-refractivity contribution in [2.45, 2.75) is 39.2 Å². The van der Waals surface area contributed by atoms with Gasteiger partial charge in [-0.15, -0.1) is 0 Å². The number of anilines is 1. The molecule has 1 saturated carbocycles. The number of aryl methyl sites for hydroxylation is 1. The van der Waals surface area contributed by atoms with Crippen LogP contribution in [0.15, 0.2) is 24.3 Å². The maximum atomic E-state index is 6.28. The van der Waals surface area contributed by atoms with E-state index in [4.69, 9.17) is 5.73 Å². The first-order valence-electron chi connectivity index (χ1n) is 7.10. The van der Waals surface area contributed by atoms with Gasteiger partial charge >= 0.3 is 0 Å². The molecule has 3 unspecified atom stereocenters. The first-order chi connectivity index (χ1) is 8.58. The van der Waals surface area contributed by atoms with E-state index in [9.17, 15) is 0 Å². The lowest BCUT2D eigenvalue weighted by Crippen LogP contribution is -2.42. The zero-order chi connectivity index (χ0) is 13.1. The van der Waals surface area contributed by atoms with E-state index >= 15 is 0 Å². The van der Waals surface area contributed by atoms with Gasteiger partial charge in [-0.3, -0.25) is 0 Å². The first kappa shape index (κ1) is 13.4. The molecule has 0 amide bonds. The number of nitrogens with two attached hydrogens (primary N) is 1. The summed E-state index contributed by atoms with van der Waals surface area (Å²) in [6.07, 6.45) is 3.76. The molecule has 1 aromatic rings. The van der Waals surface area contributed by atoms with Crippen molar-refractivity contribution in [1.82, 2.24) is 0 Å². The molecule has 0 aromatic heterocycles. The third-order valence-electron chi connectivity index (χ3n) is 4.34. The Morgan fingerprint density at radius 1 is 1.28 bits per heavy atom. The predicted octanol–water partition coefficient (Wildman–Crippen LogP) is 3.19. The van der Waals surface area contributed by atoms with E-state index in [1.807, 2.05) is 0 Å². The molecule has 1 aromatic carbocycles. The number of hydrogen-bond donors (Lipinski definition) is 1. The summed E-state index contributed by atoms with van der Waals surface area (Å²) in [5.41, 5.74) is 8.96.